The van der Waals surface area contributed by atoms with Crippen molar-refractivity contribution in [1.82, 2.24) is 4.57 Å². The molecule has 6 nitrogen and oxygen atoms in total. The van der Waals surface area contributed by atoms with Crippen LogP contribution in [0.2, 0.25) is 0 Å². The number of para-hydroxylation sites is 1. The summed E-state index contributed by atoms with van der Waals surface area (Å²) in [7, 11) is 0. The summed E-state index contributed by atoms with van der Waals surface area (Å²) in [6.45, 7) is 0. The Morgan fingerprint density at radius 1 is 1.00 bits per heavy atom. The maximum atomic E-state index is 11.5. The highest BCUT2D eigenvalue weighted by Gasteiger charge is 2.19. The van der Waals surface area contributed by atoms with Crippen molar-refractivity contribution in [3.63, 3.8) is 0 Å². The fourth-order valence-corrected chi connectivity index (χ4v) is 2.84. The highest BCUT2D eigenvalue weighted by atomic mass is 16.4. The van der Waals surface area contributed by atoms with Gasteiger partial charge in [0, 0.05) is 18.0 Å². The molecule has 3 N–H and O–H groups in total. The number of fused-ring (bicyclic) bond motifs is 1. The maximum Gasteiger partial charge on any atom is 0.341 e. The first-order valence-electron chi connectivity index (χ1n) is 7.35. The van der Waals surface area contributed by atoms with Crippen molar-refractivity contribution in [1.29, 1.82) is 0 Å². The molecule has 1 aromatic heterocycles. The van der Waals surface area contributed by atoms with Gasteiger partial charge in [-0.15, -0.1) is 0 Å². The summed E-state index contributed by atoms with van der Waals surface area (Å²) in [4.78, 5) is 22.4. The number of benzene rings is 2. The molecule has 1 heterocycles. The van der Waals surface area contributed by atoms with Gasteiger partial charge in [-0.2, -0.15) is 0 Å². The summed E-state index contributed by atoms with van der Waals surface area (Å²) in [6, 6.07) is 11.9. The van der Waals surface area contributed by atoms with E-state index in [1.165, 1.54) is 6.07 Å². The Morgan fingerprint density at radius 2 is 1.75 bits per heavy atom. The van der Waals surface area contributed by atoms with Gasteiger partial charge in [0.1, 0.15) is 11.3 Å². The van der Waals surface area contributed by atoms with Crippen molar-refractivity contribution in [3.8, 4) is 11.4 Å². The average Bonchev–Trinajstić information content (AvgIpc) is 2.91. The van der Waals surface area contributed by atoms with E-state index in [1.807, 2.05) is 24.3 Å². The number of aromatic nitrogens is 1. The minimum atomic E-state index is -1.23. The van der Waals surface area contributed by atoms with E-state index in [0.717, 1.165) is 16.5 Å². The summed E-state index contributed by atoms with van der Waals surface area (Å²) in [5.41, 5.74) is 1.71. The number of carboxylic acids is 2. The first kappa shape index (κ1) is 15.6. The predicted molar refractivity (Wildman–Crippen MR) is 87.9 cm³/mol. The molecule has 3 rings (SSSR count). The smallest absolute Gasteiger partial charge is 0.341 e. The minimum absolute atomic E-state index is 0.0141. The van der Waals surface area contributed by atoms with Crippen LogP contribution in [0, 0.1) is 0 Å². The van der Waals surface area contributed by atoms with E-state index in [0.29, 0.717) is 12.1 Å². The van der Waals surface area contributed by atoms with E-state index < -0.39 is 11.9 Å². The third-order valence-electron chi connectivity index (χ3n) is 3.90. The summed E-state index contributed by atoms with van der Waals surface area (Å²) in [5, 5.41) is 29.1. The van der Waals surface area contributed by atoms with E-state index >= 15 is 0 Å². The van der Waals surface area contributed by atoms with E-state index in [-0.39, 0.29) is 17.7 Å². The van der Waals surface area contributed by atoms with Crippen LogP contribution >= 0.6 is 0 Å². The fraction of sp³-hybridized carbons (Fsp3) is 0.111. The predicted octanol–water partition coefficient (Wildman–Crippen LogP) is 3.05. The van der Waals surface area contributed by atoms with Crippen LogP contribution in [-0.4, -0.2) is 31.8 Å². The number of nitrogens with zero attached hydrogens (tertiary/aromatic N) is 1. The molecule has 0 spiro atoms. The summed E-state index contributed by atoms with van der Waals surface area (Å²) in [5.74, 6) is -2.44. The molecule has 6 heteroatoms. The molecule has 0 saturated carbocycles. The lowest BCUT2D eigenvalue weighted by Gasteiger charge is -2.10. The average molecular weight is 325 g/mol. The number of hydrogen-bond donors (Lipinski definition) is 3. The van der Waals surface area contributed by atoms with Crippen molar-refractivity contribution >= 4 is 22.8 Å². The van der Waals surface area contributed by atoms with E-state index in [1.54, 1.807) is 22.9 Å². The Labute approximate surface area is 137 Å². The number of aliphatic carboxylic acids is 1. The van der Waals surface area contributed by atoms with Crippen LogP contribution in [0.5, 0.6) is 5.75 Å². The van der Waals surface area contributed by atoms with Gasteiger partial charge >= 0.3 is 11.9 Å². The fourth-order valence-electron chi connectivity index (χ4n) is 2.84. The van der Waals surface area contributed by atoms with Crippen molar-refractivity contribution < 1.29 is 24.9 Å². The van der Waals surface area contributed by atoms with Gasteiger partial charge in [-0.25, -0.2) is 4.79 Å². The second-order valence-corrected chi connectivity index (χ2v) is 5.41. The van der Waals surface area contributed by atoms with Crippen molar-refractivity contribution in [3.05, 3.63) is 59.8 Å². The molecule has 0 fully saturated rings. The van der Waals surface area contributed by atoms with Crippen LogP contribution in [-0.2, 0) is 11.2 Å². The number of rotatable bonds is 5. The lowest BCUT2D eigenvalue weighted by atomic mass is 10.1. The highest BCUT2D eigenvalue weighted by molar-refractivity contribution is 5.96. The van der Waals surface area contributed by atoms with Crippen molar-refractivity contribution in [2.45, 2.75) is 12.8 Å². The molecule has 0 aliphatic heterocycles. The lowest BCUT2D eigenvalue weighted by molar-refractivity contribution is -0.136. The standard InChI is InChI=1S/C18H15NO5/c20-15-7-3-6-14(17(15)18(23)24)19-10-11(8-9-16(21)22)12-4-1-2-5-13(12)19/h1-7,10,20H,8-9H2,(H,21,22)(H,23,24). The first-order chi connectivity index (χ1) is 11.5. The molecule has 0 aliphatic rings. The highest BCUT2D eigenvalue weighted by Crippen LogP contribution is 2.30. The topological polar surface area (TPSA) is 99.8 Å². The molecule has 24 heavy (non-hydrogen) atoms. The molecular formula is C18H15NO5. The maximum absolute atomic E-state index is 11.5. The Bertz CT molecular complexity index is 942. The van der Waals surface area contributed by atoms with Gasteiger partial charge in [0.25, 0.3) is 0 Å². The second kappa shape index (κ2) is 6.08. The van der Waals surface area contributed by atoms with Gasteiger partial charge < -0.3 is 19.9 Å². The van der Waals surface area contributed by atoms with Gasteiger partial charge in [0.15, 0.2) is 0 Å². The third kappa shape index (κ3) is 2.69. The molecule has 0 amide bonds. The molecule has 2 aromatic carbocycles. The number of phenols is 1. The molecule has 0 bridgehead atoms. The molecule has 0 aliphatic carbocycles. The Balaban J connectivity index is 2.23. The van der Waals surface area contributed by atoms with E-state index in [4.69, 9.17) is 5.11 Å². The SMILES string of the molecule is O=C(O)CCc1cn(-c2cccc(O)c2C(=O)O)c2ccccc12. The molecule has 0 saturated heterocycles. The monoisotopic (exact) mass is 325 g/mol. The van der Waals surface area contributed by atoms with Crippen LogP contribution in [0.15, 0.2) is 48.7 Å². The number of aryl methyl sites for hydroxylation is 1. The van der Waals surface area contributed by atoms with Crippen molar-refractivity contribution in [2.24, 2.45) is 0 Å². The number of carbonyl (C=O) groups is 2. The summed E-state index contributed by atoms with van der Waals surface area (Å²) in [6.07, 6.45) is 2.05. The summed E-state index contributed by atoms with van der Waals surface area (Å²) >= 11 is 0. The zero-order chi connectivity index (χ0) is 17.3. The Morgan fingerprint density at radius 3 is 2.46 bits per heavy atom. The van der Waals surface area contributed by atoms with Crippen LogP contribution in [0.3, 0.4) is 0 Å². The number of carboxylic acid groups (broad SMARTS) is 2. The van der Waals surface area contributed by atoms with Gasteiger partial charge in [0.05, 0.1) is 11.2 Å². The van der Waals surface area contributed by atoms with E-state index in [2.05, 4.69) is 0 Å². The second-order valence-electron chi connectivity index (χ2n) is 5.41. The zero-order valence-electron chi connectivity index (χ0n) is 12.6. The number of aromatic hydroxyl groups is 1. The van der Waals surface area contributed by atoms with Gasteiger partial charge in [0.2, 0.25) is 0 Å². The van der Waals surface area contributed by atoms with Crippen molar-refractivity contribution in [2.75, 3.05) is 0 Å². The molecule has 0 unspecified atom stereocenters. The molecule has 0 atom stereocenters. The molecule has 3 aromatic rings. The molecular weight excluding hydrogens is 310 g/mol. The van der Waals surface area contributed by atoms with Crippen LogP contribution in [0.1, 0.15) is 22.3 Å². The lowest BCUT2D eigenvalue weighted by Crippen LogP contribution is -2.05. The van der Waals surface area contributed by atoms with Gasteiger partial charge in [-0.3, -0.25) is 4.79 Å². The quantitative estimate of drug-likeness (QED) is 0.669. The Hall–Kier alpha value is -3.28. The molecule has 122 valence electrons. The number of hydrogen-bond acceptors (Lipinski definition) is 3. The Kier molecular flexibility index (Phi) is 3.95. The molecule has 0 radical (unpaired) electrons. The summed E-state index contributed by atoms with van der Waals surface area (Å²) < 4.78 is 1.68. The normalized spacial score (nSPS) is 10.8. The van der Waals surface area contributed by atoms with E-state index in [9.17, 15) is 19.8 Å². The number of aromatic carboxylic acids is 1. The first-order valence-corrected chi connectivity index (χ1v) is 7.35. The largest absolute Gasteiger partial charge is 0.507 e. The van der Waals surface area contributed by atoms with Crippen LogP contribution in [0.4, 0.5) is 0 Å². The third-order valence-corrected chi connectivity index (χ3v) is 3.90. The van der Waals surface area contributed by atoms with Crippen LogP contribution in [0.25, 0.3) is 16.6 Å². The zero-order valence-corrected chi connectivity index (χ0v) is 12.6. The van der Waals surface area contributed by atoms with Gasteiger partial charge in [-0.05, 0) is 30.2 Å². The van der Waals surface area contributed by atoms with Crippen LogP contribution < -0.4 is 0 Å². The minimum Gasteiger partial charge on any atom is -0.507 e. The van der Waals surface area contributed by atoms with Gasteiger partial charge in [-0.1, -0.05) is 24.3 Å².